The third-order valence-corrected chi connectivity index (χ3v) is 2.97. The van der Waals surface area contributed by atoms with Crippen LogP contribution in [0.4, 0.5) is 0 Å². The van der Waals surface area contributed by atoms with Crippen LogP contribution in [-0.4, -0.2) is 24.3 Å². The van der Waals surface area contributed by atoms with Gasteiger partial charge in [0.05, 0.1) is 18.2 Å². The molecule has 0 heterocycles. The number of benzene rings is 1. The Morgan fingerprint density at radius 3 is 2.94 bits per heavy atom. The Labute approximate surface area is 102 Å². The van der Waals surface area contributed by atoms with E-state index in [9.17, 15) is 4.79 Å². The third-order valence-electron chi connectivity index (χ3n) is 2.97. The summed E-state index contributed by atoms with van der Waals surface area (Å²) in [4.78, 5) is 13.6. The van der Waals surface area contributed by atoms with Gasteiger partial charge in [-0.2, -0.15) is 5.26 Å². The van der Waals surface area contributed by atoms with Crippen LogP contribution in [0.5, 0.6) is 0 Å². The molecule has 0 amide bonds. The molecule has 88 valence electrons. The molecule has 0 radical (unpaired) electrons. The molecule has 1 fully saturated rings. The molecular weight excluding hydrogens is 212 g/mol. The lowest BCUT2D eigenvalue weighted by molar-refractivity contribution is -0.121. The Bertz CT molecular complexity index is 458. The fourth-order valence-electron chi connectivity index (χ4n) is 1.91. The van der Waals surface area contributed by atoms with Gasteiger partial charge in [-0.15, -0.1) is 0 Å². The molecule has 0 unspecified atom stereocenters. The SMILES string of the molecule is CN(CC(=O)C1CC1)Cc1cccc(C#N)c1. The van der Waals surface area contributed by atoms with Crippen molar-refractivity contribution >= 4 is 5.78 Å². The molecule has 0 atom stereocenters. The Kier molecular flexibility index (Phi) is 3.55. The molecular formula is C14H16N2O. The average Bonchev–Trinajstić information content (AvgIpc) is 3.12. The predicted octanol–water partition coefficient (Wildman–Crippen LogP) is 1.97. The fraction of sp³-hybridized carbons (Fsp3) is 0.429. The number of hydrogen-bond donors (Lipinski definition) is 0. The van der Waals surface area contributed by atoms with Gasteiger partial charge in [-0.25, -0.2) is 0 Å². The maximum atomic E-state index is 11.6. The number of carbonyl (C=O) groups is 1. The van der Waals surface area contributed by atoms with E-state index in [0.717, 1.165) is 18.4 Å². The minimum Gasteiger partial charge on any atom is -0.298 e. The first kappa shape index (κ1) is 11.8. The van der Waals surface area contributed by atoms with Crippen molar-refractivity contribution < 1.29 is 4.79 Å². The molecule has 1 aromatic rings. The summed E-state index contributed by atoms with van der Waals surface area (Å²) in [5.41, 5.74) is 1.75. The zero-order valence-corrected chi connectivity index (χ0v) is 10.0. The lowest BCUT2D eigenvalue weighted by Gasteiger charge is -2.15. The molecule has 1 saturated carbocycles. The molecule has 1 aromatic carbocycles. The van der Waals surface area contributed by atoms with Gasteiger partial charge in [-0.3, -0.25) is 9.69 Å². The Hall–Kier alpha value is -1.66. The van der Waals surface area contributed by atoms with Gasteiger partial charge in [0.1, 0.15) is 5.78 Å². The molecule has 0 spiro atoms. The molecule has 0 aromatic heterocycles. The first-order valence-corrected chi connectivity index (χ1v) is 5.89. The van der Waals surface area contributed by atoms with Gasteiger partial charge >= 0.3 is 0 Å². The van der Waals surface area contributed by atoms with Gasteiger partial charge in [-0.1, -0.05) is 12.1 Å². The first-order chi connectivity index (χ1) is 8.19. The van der Waals surface area contributed by atoms with Gasteiger partial charge in [-0.05, 0) is 37.6 Å². The van der Waals surface area contributed by atoms with Crippen LogP contribution in [-0.2, 0) is 11.3 Å². The van der Waals surface area contributed by atoms with E-state index in [1.54, 1.807) is 6.07 Å². The maximum absolute atomic E-state index is 11.6. The highest BCUT2D eigenvalue weighted by molar-refractivity contribution is 5.84. The van der Waals surface area contributed by atoms with Gasteiger partial charge in [0.2, 0.25) is 0 Å². The van der Waals surface area contributed by atoms with Crippen LogP contribution in [0.15, 0.2) is 24.3 Å². The minimum atomic E-state index is 0.322. The van der Waals surface area contributed by atoms with Crippen LogP contribution >= 0.6 is 0 Å². The Morgan fingerprint density at radius 2 is 2.29 bits per heavy atom. The second kappa shape index (κ2) is 5.11. The average molecular weight is 228 g/mol. The Morgan fingerprint density at radius 1 is 1.53 bits per heavy atom. The summed E-state index contributed by atoms with van der Waals surface area (Å²) < 4.78 is 0. The largest absolute Gasteiger partial charge is 0.298 e. The molecule has 3 nitrogen and oxygen atoms in total. The molecule has 0 aliphatic heterocycles. The van der Waals surface area contributed by atoms with E-state index in [-0.39, 0.29) is 0 Å². The summed E-state index contributed by atoms with van der Waals surface area (Å²) >= 11 is 0. The molecule has 0 bridgehead atoms. The van der Waals surface area contributed by atoms with E-state index in [1.807, 2.05) is 30.1 Å². The summed E-state index contributed by atoms with van der Waals surface area (Å²) in [5, 5.41) is 8.80. The van der Waals surface area contributed by atoms with Crippen LogP contribution in [0.1, 0.15) is 24.0 Å². The lowest BCUT2D eigenvalue weighted by Crippen LogP contribution is -2.26. The van der Waals surface area contributed by atoms with Crippen molar-refractivity contribution in [3.05, 3.63) is 35.4 Å². The fourth-order valence-corrected chi connectivity index (χ4v) is 1.91. The highest BCUT2D eigenvalue weighted by Gasteiger charge is 2.29. The standard InChI is InChI=1S/C14H16N2O/c1-16(10-14(17)13-5-6-13)9-12-4-2-3-11(7-12)8-15/h2-4,7,13H,5-6,9-10H2,1H3. The molecule has 17 heavy (non-hydrogen) atoms. The zero-order valence-electron chi connectivity index (χ0n) is 10.0. The van der Waals surface area contributed by atoms with Crippen molar-refractivity contribution in [2.24, 2.45) is 5.92 Å². The predicted molar refractivity (Wildman–Crippen MR) is 65.2 cm³/mol. The summed E-state index contributed by atoms with van der Waals surface area (Å²) in [6.07, 6.45) is 2.13. The topological polar surface area (TPSA) is 44.1 Å². The van der Waals surface area contributed by atoms with Crippen molar-refractivity contribution in [3.63, 3.8) is 0 Å². The van der Waals surface area contributed by atoms with E-state index in [4.69, 9.17) is 5.26 Å². The van der Waals surface area contributed by atoms with E-state index in [0.29, 0.717) is 30.4 Å². The van der Waals surface area contributed by atoms with E-state index < -0.39 is 0 Å². The summed E-state index contributed by atoms with van der Waals surface area (Å²) in [5.74, 6) is 0.673. The molecule has 1 aliphatic rings. The molecule has 0 N–H and O–H groups in total. The Balaban J connectivity index is 1.90. The van der Waals surface area contributed by atoms with E-state index in [1.165, 1.54) is 0 Å². The van der Waals surface area contributed by atoms with Crippen LogP contribution in [0.25, 0.3) is 0 Å². The summed E-state index contributed by atoms with van der Waals surface area (Å²) in [6.45, 7) is 1.23. The van der Waals surface area contributed by atoms with E-state index >= 15 is 0 Å². The molecule has 2 rings (SSSR count). The second-order valence-corrected chi connectivity index (χ2v) is 4.73. The maximum Gasteiger partial charge on any atom is 0.149 e. The van der Waals surface area contributed by atoms with Crippen molar-refractivity contribution in [1.82, 2.24) is 4.90 Å². The number of likely N-dealkylation sites (N-methyl/N-ethyl adjacent to an activating group) is 1. The highest BCUT2D eigenvalue weighted by Crippen LogP contribution is 2.29. The van der Waals surface area contributed by atoms with Gasteiger partial charge < -0.3 is 0 Å². The normalized spacial score (nSPS) is 14.6. The first-order valence-electron chi connectivity index (χ1n) is 5.89. The van der Waals surface area contributed by atoms with Crippen molar-refractivity contribution in [2.45, 2.75) is 19.4 Å². The highest BCUT2D eigenvalue weighted by atomic mass is 16.1. The summed E-state index contributed by atoms with van der Waals surface area (Å²) in [7, 11) is 1.94. The van der Waals surface area contributed by atoms with Gasteiger partial charge in [0.15, 0.2) is 0 Å². The number of nitriles is 1. The number of carbonyl (C=O) groups excluding carboxylic acids is 1. The second-order valence-electron chi connectivity index (χ2n) is 4.73. The van der Waals surface area contributed by atoms with Crippen molar-refractivity contribution in [3.8, 4) is 6.07 Å². The summed E-state index contributed by atoms with van der Waals surface area (Å²) in [6, 6.07) is 9.65. The van der Waals surface area contributed by atoms with Crippen molar-refractivity contribution in [2.75, 3.05) is 13.6 Å². The van der Waals surface area contributed by atoms with Gasteiger partial charge in [0.25, 0.3) is 0 Å². The number of rotatable bonds is 5. The molecule has 3 heteroatoms. The number of hydrogen-bond acceptors (Lipinski definition) is 3. The molecule has 0 saturated heterocycles. The zero-order chi connectivity index (χ0) is 12.3. The molecule has 1 aliphatic carbocycles. The van der Waals surface area contributed by atoms with Crippen LogP contribution in [0, 0.1) is 17.2 Å². The lowest BCUT2D eigenvalue weighted by atomic mass is 10.1. The van der Waals surface area contributed by atoms with E-state index in [2.05, 4.69) is 6.07 Å². The number of ketones is 1. The smallest absolute Gasteiger partial charge is 0.149 e. The number of Topliss-reactive ketones (excluding diaryl/α,β-unsaturated/α-hetero) is 1. The van der Waals surface area contributed by atoms with Gasteiger partial charge in [0, 0.05) is 12.5 Å². The van der Waals surface area contributed by atoms with Crippen LogP contribution < -0.4 is 0 Å². The van der Waals surface area contributed by atoms with Crippen molar-refractivity contribution in [1.29, 1.82) is 5.26 Å². The van der Waals surface area contributed by atoms with Crippen LogP contribution in [0.2, 0.25) is 0 Å². The van der Waals surface area contributed by atoms with Crippen LogP contribution in [0.3, 0.4) is 0 Å². The minimum absolute atomic E-state index is 0.322. The third kappa shape index (κ3) is 3.40. The number of nitrogens with zero attached hydrogens (tertiary/aromatic N) is 2. The quantitative estimate of drug-likeness (QED) is 0.774. The monoisotopic (exact) mass is 228 g/mol.